The van der Waals surface area contributed by atoms with E-state index < -0.39 is 28.3 Å². The molecule has 6 aromatic heterocycles. The van der Waals surface area contributed by atoms with Crippen molar-refractivity contribution in [1.29, 1.82) is 10.5 Å². The van der Waals surface area contributed by atoms with E-state index in [9.17, 15) is 14.4 Å². The number of aliphatic hydroxyl groups excluding tert-OH is 1. The van der Waals surface area contributed by atoms with Crippen molar-refractivity contribution in [1.82, 2.24) is 29.9 Å². The van der Waals surface area contributed by atoms with E-state index in [0.717, 1.165) is 14.2 Å². The van der Waals surface area contributed by atoms with Gasteiger partial charge in [0.1, 0.15) is 40.1 Å². The number of pyridine rings is 6. The minimum Gasteiger partial charge on any atom is -0.870 e. The molecule has 85 heavy (non-hydrogen) atoms. The Morgan fingerprint density at radius 3 is 0.847 bits per heavy atom. The number of hydrogen-bond acceptors (Lipinski definition) is 28. The van der Waals surface area contributed by atoms with Crippen LogP contribution in [0.3, 0.4) is 0 Å². The maximum atomic E-state index is 11.4. The first-order valence-electron chi connectivity index (χ1n) is 21.3. The zero-order valence-corrected chi connectivity index (χ0v) is 54.7. The van der Waals surface area contributed by atoms with E-state index in [-0.39, 0.29) is 120 Å². The molecular formula is C48H59Cl2N9Na2O23S. The Labute approximate surface area is 542 Å². The van der Waals surface area contributed by atoms with Gasteiger partial charge in [0, 0.05) is 19.5 Å². The fourth-order valence-electron chi connectivity index (χ4n) is 5.04. The molecule has 456 valence electrons. The summed E-state index contributed by atoms with van der Waals surface area (Å²) in [5, 5.41) is 50.6. The molecule has 0 aromatic carbocycles. The summed E-state index contributed by atoms with van der Waals surface area (Å²) in [6.45, 7) is 0. The zero-order chi connectivity index (χ0) is 63.5. The Morgan fingerprint density at radius 2 is 0.659 bits per heavy atom. The smallest absolute Gasteiger partial charge is 0.870 e. The van der Waals surface area contributed by atoms with Crippen LogP contribution in [0.15, 0.2) is 74.4 Å². The molecule has 0 atom stereocenters. The first kappa shape index (κ1) is 88.6. The predicted molar refractivity (Wildman–Crippen MR) is 290 cm³/mol. The van der Waals surface area contributed by atoms with Gasteiger partial charge in [-0.3, -0.25) is 39.0 Å². The van der Waals surface area contributed by atoms with Crippen molar-refractivity contribution >= 4 is 57.2 Å². The molecule has 8 N–H and O–H groups in total. The summed E-state index contributed by atoms with van der Waals surface area (Å²) < 4.78 is 85.1. The number of nitrogens with zero attached hydrogens (tertiary/aromatic N) is 8. The Kier molecular flexibility index (Phi) is 53.1. The molecule has 37 heteroatoms. The van der Waals surface area contributed by atoms with E-state index in [0.29, 0.717) is 45.7 Å². The monoisotopic (exact) mass is 1280 g/mol. The molecule has 32 nitrogen and oxygen atoms in total. The van der Waals surface area contributed by atoms with Crippen molar-refractivity contribution in [3.8, 4) is 69.6 Å². The second-order valence-corrected chi connectivity index (χ2v) is 14.6. The van der Waals surface area contributed by atoms with E-state index in [1.54, 1.807) is 0 Å². The van der Waals surface area contributed by atoms with Crippen LogP contribution in [-0.2, 0) is 15.1 Å². The van der Waals surface area contributed by atoms with Crippen LogP contribution in [0.2, 0.25) is 10.0 Å². The molecule has 0 bridgehead atoms. The van der Waals surface area contributed by atoms with E-state index >= 15 is 0 Å². The summed E-state index contributed by atoms with van der Waals surface area (Å²) >= 11 is 11.1. The molecule has 0 aliphatic carbocycles. The fraction of sp³-hybridized carbons (Fsp3) is 0.271. The van der Waals surface area contributed by atoms with Crippen LogP contribution >= 0.6 is 23.2 Å². The Bertz CT molecular complexity index is 2910. The van der Waals surface area contributed by atoms with E-state index in [1.165, 1.54) is 153 Å². The number of carboxylic acids is 2. The third-order valence-corrected chi connectivity index (χ3v) is 9.09. The SMILES string of the molecule is CO.COC(=O)c1c(OC)cncc1OC.COc1cncc(OC)c1C#N.COc1cncc(OC)c1C(=O)O.COc1cncc(OC)c1C(=O)O.COc1cncc(OC)c1N.C[O-].N#Cc1c(Cl)cncc1Cl.O=S(=O)(O)O.[Na+].[Na+].[OH-]. The molecule has 0 unspecified atom stereocenters. The number of hydrogen-bond donors (Lipinski definition) is 6. The summed E-state index contributed by atoms with van der Waals surface area (Å²) in [4.78, 5) is 55.6. The minimum atomic E-state index is -4.67. The van der Waals surface area contributed by atoms with Gasteiger partial charge >= 0.3 is 87.4 Å². The number of carbonyl (C=O) groups excluding carboxylic acids is 1. The molecule has 0 saturated carbocycles. The molecule has 0 saturated heterocycles. The number of nitrogens with two attached hydrogens (primary N) is 1. The number of carbonyl (C=O) groups is 3. The van der Waals surface area contributed by atoms with Crippen LogP contribution in [0.1, 0.15) is 42.2 Å². The molecule has 6 aromatic rings. The maximum Gasteiger partial charge on any atom is 1.00 e. The van der Waals surface area contributed by atoms with Crippen LogP contribution in [0.4, 0.5) is 5.69 Å². The van der Waals surface area contributed by atoms with Crippen molar-refractivity contribution in [3.05, 3.63) is 112 Å². The van der Waals surface area contributed by atoms with Gasteiger partial charge in [-0.15, -0.1) is 0 Å². The van der Waals surface area contributed by atoms with Gasteiger partial charge in [-0.25, -0.2) is 14.4 Å². The van der Waals surface area contributed by atoms with Gasteiger partial charge in [0.05, 0.1) is 156 Å². The number of halogens is 2. The summed E-state index contributed by atoms with van der Waals surface area (Å²) in [7, 11) is 12.8. The third kappa shape index (κ3) is 32.3. The summed E-state index contributed by atoms with van der Waals surface area (Å²) in [5.74, 6) is 0.612. The van der Waals surface area contributed by atoms with Crippen LogP contribution in [0, 0.1) is 22.7 Å². The third-order valence-electron chi connectivity index (χ3n) is 8.51. The number of aliphatic hydroxyl groups is 1. The first-order chi connectivity index (χ1) is 39.0. The van der Waals surface area contributed by atoms with E-state index in [1.807, 2.05) is 12.1 Å². The molecule has 0 aliphatic heterocycles. The normalized spacial score (nSPS) is 8.72. The molecule has 0 aliphatic rings. The van der Waals surface area contributed by atoms with Gasteiger partial charge < -0.3 is 83.7 Å². The fourth-order valence-corrected chi connectivity index (χ4v) is 5.49. The maximum absolute atomic E-state index is 11.4. The van der Waals surface area contributed by atoms with Crippen molar-refractivity contribution < 1.29 is 169 Å². The van der Waals surface area contributed by atoms with Crippen LogP contribution < -0.4 is 117 Å². The first-order valence-corrected chi connectivity index (χ1v) is 23.4. The Morgan fingerprint density at radius 1 is 0.459 bits per heavy atom. The van der Waals surface area contributed by atoms with Crippen LogP contribution in [0.5, 0.6) is 57.5 Å². The number of nitriles is 2. The quantitative estimate of drug-likeness (QED) is 0.0420. The second kappa shape index (κ2) is 50.9. The molecular weight excluding hydrogens is 1220 g/mol. The molecule has 0 fully saturated rings. The van der Waals surface area contributed by atoms with E-state index in [2.05, 4.69) is 34.6 Å². The molecule has 0 amide bonds. The van der Waals surface area contributed by atoms with Crippen molar-refractivity contribution in [2.45, 2.75) is 0 Å². The molecule has 0 radical (unpaired) electrons. The zero-order valence-electron chi connectivity index (χ0n) is 48.4. The second-order valence-electron chi connectivity index (χ2n) is 12.9. The number of carboxylic acid groups (broad SMARTS) is 2. The number of methoxy groups -OCH3 is 11. The number of aromatic carboxylic acids is 2. The van der Waals surface area contributed by atoms with Crippen LogP contribution in [0.25, 0.3) is 0 Å². The van der Waals surface area contributed by atoms with Gasteiger partial charge in [-0.1, -0.05) is 23.2 Å². The minimum absolute atomic E-state index is 0. The van der Waals surface area contributed by atoms with Crippen molar-refractivity contribution in [2.24, 2.45) is 0 Å². The Balaban J connectivity index is -0.000000213. The number of aromatic nitrogens is 6. The average molecular weight is 1280 g/mol. The standard InChI is InChI=1S/C9H11NO4.C8H8N2O2.2C8H9NO4.C7H10N2O2.C6H2Cl2N2.CH4O.CH3O.2Na.H2O4S.H2O/c1-12-6-4-10-5-7(13-2)8(6)9(11)14-3;1-11-7-4-10-5-8(12-2)6(7)3-9;2*1-12-5-3-9-4-6(13-2)7(5)8(10)11;1-10-5-3-9-4-6(11-2)7(5)8;7-5-2-10-3-6(8)4(5)1-9;2*1-2;;;1-5(2,3)4;/h4-5H,1-3H3;4-5H,1-2H3;2*3-4H,1-2H3,(H,10,11);3-4H,1-2H3,(H2,8,9);2-3H;2H,1H3;1H3;;;(H2,1,2,3,4);1H2/q;;;;;;;-1;2*+1;;/p-1. The molecule has 6 heterocycles. The number of anilines is 1. The van der Waals surface area contributed by atoms with Gasteiger partial charge in [-0.05, 0) is 0 Å². The largest absolute Gasteiger partial charge is 1.00 e. The van der Waals surface area contributed by atoms with Crippen molar-refractivity contribution in [2.75, 3.05) is 98.2 Å². The Hall–Kier alpha value is -7.58. The average Bonchev–Trinajstić information content (AvgIpc) is 3.49. The van der Waals surface area contributed by atoms with Gasteiger partial charge in [0.25, 0.3) is 0 Å². The number of esters is 1. The van der Waals surface area contributed by atoms with Gasteiger partial charge in [-0.2, -0.15) is 26.1 Å². The predicted octanol–water partition coefficient (Wildman–Crippen LogP) is -1.85. The van der Waals surface area contributed by atoms with Gasteiger partial charge in [0.2, 0.25) is 0 Å². The van der Waals surface area contributed by atoms with Crippen LogP contribution in [-0.4, -0.2) is 179 Å². The summed E-state index contributed by atoms with van der Waals surface area (Å²) in [6, 6.07) is 3.84. The van der Waals surface area contributed by atoms with Crippen molar-refractivity contribution in [3.63, 3.8) is 0 Å². The summed E-state index contributed by atoms with van der Waals surface area (Å²) in [6.07, 6.45) is 16.9. The van der Waals surface area contributed by atoms with E-state index in [4.69, 9.17) is 125 Å². The molecule has 0 spiro atoms. The number of rotatable bonds is 13. The summed E-state index contributed by atoms with van der Waals surface area (Å²) in [5.41, 5.74) is 6.95. The molecule has 6 rings (SSSR count). The number of nitrogen functional groups attached to an aromatic ring is 1. The van der Waals surface area contributed by atoms with Gasteiger partial charge in [0.15, 0.2) is 57.5 Å². The number of ether oxygens (including phenoxy) is 11. The topological polar surface area (TPSA) is 492 Å².